The molecule has 1 amide bonds. The fourth-order valence-corrected chi connectivity index (χ4v) is 5.77. The van der Waals surface area contributed by atoms with Crippen LogP contribution in [0.25, 0.3) is 11.3 Å². The lowest BCUT2D eigenvalue weighted by molar-refractivity contribution is -0.929. The van der Waals surface area contributed by atoms with E-state index in [0.29, 0.717) is 28.4 Å². The van der Waals surface area contributed by atoms with Crippen LogP contribution in [0.2, 0.25) is 0 Å². The lowest BCUT2D eigenvalue weighted by atomic mass is 10.0. The number of benzene rings is 3. The van der Waals surface area contributed by atoms with E-state index in [9.17, 15) is 9.59 Å². The van der Waals surface area contributed by atoms with E-state index in [4.69, 9.17) is 4.74 Å². The molecule has 1 atom stereocenters. The van der Waals surface area contributed by atoms with Crippen LogP contribution < -0.4 is 34.6 Å². The van der Waals surface area contributed by atoms with E-state index in [1.807, 2.05) is 105 Å². The Morgan fingerprint density at radius 2 is 1.70 bits per heavy atom. The number of pyridine rings is 1. The van der Waals surface area contributed by atoms with Gasteiger partial charge in [-0.15, -0.1) is 0 Å². The van der Waals surface area contributed by atoms with Crippen molar-refractivity contribution < 1.29 is 42.8 Å². The number of anilines is 3. The first-order chi connectivity index (χ1) is 23.7. The van der Waals surface area contributed by atoms with Crippen molar-refractivity contribution in [2.75, 3.05) is 50.6 Å². The third-order valence-electron chi connectivity index (χ3n) is 9.06. The number of nitrogens with one attached hydrogen (secondary N) is 2. The van der Waals surface area contributed by atoms with Gasteiger partial charge in [-0.2, -0.15) is 0 Å². The summed E-state index contributed by atoms with van der Waals surface area (Å²) in [6, 6.07) is 28.9. The van der Waals surface area contributed by atoms with Crippen LogP contribution in [0.5, 0.6) is 0 Å². The Hall–Kier alpha value is -4.72. The van der Waals surface area contributed by atoms with Gasteiger partial charge in [0.2, 0.25) is 12.7 Å². The number of quaternary nitrogens is 1. The monoisotopic (exact) mass is 783 g/mol. The van der Waals surface area contributed by atoms with Gasteiger partial charge in [0, 0.05) is 60.7 Å². The highest BCUT2D eigenvalue weighted by Crippen LogP contribution is 2.25. The molecule has 1 aliphatic heterocycles. The van der Waals surface area contributed by atoms with E-state index in [0.717, 1.165) is 66.4 Å². The summed E-state index contributed by atoms with van der Waals surface area (Å²) in [5, 5.41) is 6.31. The van der Waals surface area contributed by atoms with Gasteiger partial charge >= 0.3 is 5.97 Å². The number of carbonyl (C=O) groups is 2. The number of ether oxygens (including phenoxy) is 1. The Bertz CT molecular complexity index is 1880. The molecule has 3 heterocycles. The number of esters is 1. The zero-order valence-corrected chi connectivity index (χ0v) is 30.7. The van der Waals surface area contributed by atoms with Crippen molar-refractivity contribution in [1.82, 2.24) is 19.9 Å². The molecule has 2 N–H and O–H groups in total. The van der Waals surface area contributed by atoms with Gasteiger partial charge in [-0.3, -0.25) is 24.0 Å². The first-order valence-electron chi connectivity index (χ1n) is 16.5. The molecular weight excluding hydrogens is 741 g/mol. The molecule has 258 valence electrons. The number of likely N-dealkylation sites (N-methyl/N-ethyl adjacent to an activating group) is 1. The largest absolute Gasteiger partial charge is 1.00 e. The predicted octanol–water partition coefficient (Wildman–Crippen LogP) is 3.41. The van der Waals surface area contributed by atoms with Gasteiger partial charge in [0.1, 0.15) is 0 Å². The van der Waals surface area contributed by atoms with Gasteiger partial charge in [0.05, 0.1) is 31.7 Å². The Balaban J connectivity index is 0.00000486. The summed E-state index contributed by atoms with van der Waals surface area (Å²) in [6.45, 7) is 8.63. The molecule has 1 fully saturated rings. The molecule has 1 saturated heterocycles. The third kappa shape index (κ3) is 9.49. The second kappa shape index (κ2) is 16.8. The summed E-state index contributed by atoms with van der Waals surface area (Å²) in [5.74, 6) is -0.196. The number of aryl methyl sites for hydroxylation is 1. The smallest absolute Gasteiger partial charge is 0.317 e. The van der Waals surface area contributed by atoms with Crippen LogP contribution in [0.3, 0.4) is 0 Å². The number of halogens is 1. The molecule has 0 saturated carbocycles. The topological polar surface area (TPSA) is 109 Å². The molecule has 50 heavy (non-hydrogen) atoms. The highest BCUT2D eigenvalue weighted by Gasteiger charge is 2.31. The number of hydrogen-bond donors (Lipinski definition) is 2. The molecular formula is C39H42IN7O3. The Morgan fingerprint density at radius 1 is 0.940 bits per heavy atom. The number of nitrogens with zero attached hydrogens (tertiary/aromatic N) is 5. The van der Waals surface area contributed by atoms with E-state index in [1.165, 1.54) is 0 Å². The first kappa shape index (κ1) is 36.6. The van der Waals surface area contributed by atoms with Gasteiger partial charge in [-0.05, 0) is 73.0 Å². The minimum atomic E-state index is -0.285. The van der Waals surface area contributed by atoms with Crippen LogP contribution in [-0.2, 0) is 16.1 Å². The summed E-state index contributed by atoms with van der Waals surface area (Å²) < 4.78 is 6.46. The average molecular weight is 784 g/mol. The molecule has 6 rings (SSSR count). The quantitative estimate of drug-likeness (QED) is 0.119. The fourth-order valence-electron chi connectivity index (χ4n) is 5.77. The van der Waals surface area contributed by atoms with Crippen molar-refractivity contribution in [1.29, 1.82) is 0 Å². The number of hydrogen-bond acceptors (Lipinski definition) is 8. The van der Waals surface area contributed by atoms with E-state index < -0.39 is 0 Å². The van der Waals surface area contributed by atoms with Crippen molar-refractivity contribution in [3.05, 3.63) is 132 Å². The zero-order chi connectivity index (χ0) is 34.2. The lowest BCUT2D eigenvalue weighted by Crippen LogP contribution is -3.00. The van der Waals surface area contributed by atoms with Crippen LogP contribution in [0, 0.1) is 6.92 Å². The van der Waals surface area contributed by atoms with Crippen LogP contribution in [0.15, 0.2) is 110 Å². The number of carbonyl (C=O) groups excluding carboxylic acids is 2. The van der Waals surface area contributed by atoms with E-state index in [1.54, 1.807) is 18.6 Å². The minimum absolute atomic E-state index is 0. The fraction of sp³-hybridized carbons (Fsp3) is 0.256. The van der Waals surface area contributed by atoms with Gasteiger partial charge < -0.3 is 39.3 Å². The summed E-state index contributed by atoms with van der Waals surface area (Å²) >= 11 is 0. The second-order valence-corrected chi connectivity index (χ2v) is 12.9. The Labute approximate surface area is 310 Å². The molecule has 10 nitrogen and oxygen atoms in total. The maximum absolute atomic E-state index is 13.2. The molecule has 0 bridgehead atoms. The minimum Gasteiger partial charge on any atom is -1.00 e. The molecule has 1 aliphatic rings. The first-order valence-corrected chi connectivity index (χ1v) is 16.5. The maximum atomic E-state index is 13.2. The average Bonchev–Trinajstić information content (AvgIpc) is 3.14. The van der Waals surface area contributed by atoms with Crippen LogP contribution in [0.1, 0.15) is 39.9 Å². The summed E-state index contributed by atoms with van der Waals surface area (Å²) in [5.41, 5.74) is 6.82. The maximum Gasteiger partial charge on any atom is 0.317 e. The van der Waals surface area contributed by atoms with Gasteiger partial charge in [0.25, 0.3) is 5.91 Å². The molecule has 1 unspecified atom stereocenters. The van der Waals surface area contributed by atoms with E-state index in [2.05, 4.69) is 37.5 Å². The Kier molecular flexibility index (Phi) is 12.3. The zero-order valence-electron chi connectivity index (χ0n) is 28.6. The summed E-state index contributed by atoms with van der Waals surface area (Å²) in [6.07, 6.45) is 5.20. The normalized spacial score (nSPS) is 14.5. The predicted molar refractivity (Wildman–Crippen MR) is 191 cm³/mol. The Morgan fingerprint density at radius 3 is 2.42 bits per heavy atom. The SMILES string of the molecule is Cc1ccc(NC(=O)c2ccc(CN3CC[N+](C)(COC(=O)C(C)c4ccccc4)CC3)cc2)cc1Nc1nccc(-c2cccnc2)n1.[I-]. The van der Waals surface area contributed by atoms with Gasteiger partial charge in [-0.1, -0.05) is 48.5 Å². The van der Waals surface area contributed by atoms with Crippen molar-refractivity contribution in [2.24, 2.45) is 0 Å². The van der Waals surface area contributed by atoms with Crippen molar-refractivity contribution in [3.8, 4) is 11.3 Å². The highest BCUT2D eigenvalue weighted by molar-refractivity contribution is 6.04. The molecule has 0 spiro atoms. The van der Waals surface area contributed by atoms with E-state index in [-0.39, 0.29) is 41.8 Å². The van der Waals surface area contributed by atoms with Gasteiger partial charge in [0.15, 0.2) is 0 Å². The van der Waals surface area contributed by atoms with Crippen LogP contribution in [0.4, 0.5) is 17.3 Å². The molecule has 0 aliphatic carbocycles. The third-order valence-corrected chi connectivity index (χ3v) is 9.06. The van der Waals surface area contributed by atoms with Crippen molar-refractivity contribution in [2.45, 2.75) is 26.3 Å². The second-order valence-electron chi connectivity index (χ2n) is 12.9. The number of rotatable bonds is 11. The van der Waals surface area contributed by atoms with Crippen LogP contribution >= 0.6 is 0 Å². The van der Waals surface area contributed by atoms with Crippen molar-refractivity contribution in [3.63, 3.8) is 0 Å². The molecule has 2 aromatic heterocycles. The van der Waals surface area contributed by atoms with Crippen molar-refractivity contribution >= 4 is 29.2 Å². The lowest BCUT2D eigenvalue weighted by Gasteiger charge is -2.41. The van der Waals surface area contributed by atoms with E-state index >= 15 is 0 Å². The molecule has 11 heteroatoms. The van der Waals surface area contributed by atoms with Gasteiger partial charge in [-0.25, -0.2) is 9.97 Å². The summed E-state index contributed by atoms with van der Waals surface area (Å²) in [4.78, 5) is 41.4. The molecule has 0 radical (unpaired) electrons. The molecule has 5 aromatic rings. The van der Waals surface area contributed by atoms with Crippen LogP contribution in [-0.4, -0.2) is 76.2 Å². The number of piperazine rings is 1. The standard InChI is InChI=1S/C39H41N7O3.HI/c1-28-11-16-34(24-36(28)44-39-41-19-17-35(43-39)33-10-7-18-40-25-33)42-37(47)32-14-12-30(13-15-32)26-45-20-22-46(3,23-21-45)27-49-38(48)29(2)31-8-5-4-6-9-31;/h4-19,24-25,29H,20-23,26-27H2,1-3H3,(H-,41,42,43,44,47);1H. The number of aromatic nitrogens is 3. The number of amides is 1. The highest BCUT2D eigenvalue weighted by atomic mass is 127. The molecule has 3 aromatic carbocycles. The summed E-state index contributed by atoms with van der Waals surface area (Å²) in [7, 11) is 2.15.